The van der Waals surface area contributed by atoms with Gasteiger partial charge in [0.2, 0.25) is 0 Å². The maximum Gasteiger partial charge on any atom is 0.0196 e. The molecule has 1 aromatic carbocycles. The molecular weight excluding hydrogens is 202 g/mol. The molecule has 0 saturated heterocycles. The van der Waals surface area contributed by atoms with Gasteiger partial charge in [-0.25, -0.2) is 0 Å². The van der Waals surface area contributed by atoms with E-state index in [0.717, 1.165) is 6.42 Å². The summed E-state index contributed by atoms with van der Waals surface area (Å²) >= 11 is 2.01. The smallest absolute Gasteiger partial charge is 0.0196 e. The quantitative estimate of drug-likeness (QED) is 0.827. The molecule has 2 N–H and O–H groups in total. The van der Waals surface area contributed by atoms with E-state index in [4.69, 9.17) is 5.73 Å². The zero-order chi connectivity index (χ0) is 10.3. The molecule has 0 bridgehead atoms. The van der Waals surface area contributed by atoms with Crippen LogP contribution in [-0.2, 0) is 12.8 Å². The van der Waals surface area contributed by atoms with Crippen LogP contribution in [0.4, 0.5) is 0 Å². The van der Waals surface area contributed by atoms with Crippen LogP contribution < -0.4 is 5.73 Å². The maximum atomic E-state index is 6.20. The first kappa shape index (κ1) is 9.73. The summed E-state index contributed by atoms with van der Waals surface area (Å²) in [5.74, 6) is 1.28. The lowest BCUT2D eigenvalue weighted by Gasteiger charge is -2.20. The zero-order valence-electron chi connectivity index (χ0n) is 8.96. The molecule has 1 saturated carbocycles. The molecule has 1 heterocycles. The largest absolute Gasteiger partial charge is 0.325 e. The van der Waals surface area contributed by atoms with Crippen molar-refractivity contribution >= 4 is 11.8 Å². The second kappa shape index (κ2) is 3.53. The van der Waals surface area contributed by atoms with Gasteiger partial charge < -0.3 is 5.73 Å². The summed E-state index contributed by atoms with van der Waals surface area (Å²) in [5, 5.41) is 0. The topological polar surface area (TPSA) is 26.0 Å². The highest BCUT2D eigenvalue weighted by Crippen LogP contribution is 2.39. The molecule has 0 aromatic heterocycles. The fourth-order valence-electron chi connectivity index (χ4n) is 2.34. The second-order valence-electron chi connectivity index (χ2n) is 4.88. The molecule has 2 heteroatoms. The number of hydrogen-bond donors (Lipinski definition) is 1. The summed E-state index contributed by atoms with van der Waals surface area (Å²) in [5.41, 5.74) is 9.46. The number of nitrogens with two attached hydrogens (primary N) is 1. The third kappa shape index (κ3) is 1.93. The molecule has 80 valence electrons. The Morgan fingerprint density at radius 2 is 2.20 bits per heavy atom. The molecule has 0 spiro atoms. The summed E-state index contributed by atoms with van der Waals surface area (Å²) in [6.45, 7) is 0. The molecule has 0 radical (unpaired) electrons. The lowest BCUT2D eigenvalue weighted by molar-refractivity contribution is 0.662. The van der Waals surface area contributed by atoms with Crippen LogP contribution in [-0.4, -0.2) is 11.3 Å². The molecule has 3 rings (SSSR count). The van der Waals surface area contributed by atoms with Crippen LogP contribution in [0.5, 0.6) is 0 Å². The number of benzene rings is 1. The van der Waals surface area contributed by atoms with Crippen molar-refractivity contribution in [1.29, 1.82) is 0 Å². The first-order valence-electron chi connectivity index (χ1n) is 5.79. The van der Waals surface area contributed by atoms with E-state index in [1.807, 2.05) is 11.8 Å². The fourth-order valence-corrected chi connectivity index (χ4v) is 3.43. The van der Waals surface area contributed by atoms with E-state index in [9.17, 15) is 0 Å². The Morgan fingerprint density at radius 3 is 3.00 bits per heavy atom. The highest BCUT2D eigenvalue weighted by Gasteiger charge is 2.38. The summed E-state index contributed by atoms with van der Waals surface area (Å²) in [6.07, 6.45) is 6.10. The van der Waals surface area contributed by atoms with E-state index in [1.165, 1.54) is 41.9 Å². The van der Waals surface area contributed by atoms with Gasteiger partial charge in [-0.05, 0) is 55.1 Å². The van der Waals surface area contributed by atoms with E-state index in [0.29, 0.717) is 0 Å². The van der Waals surface area contributed by atoms with Gasteiger partial charge in [0.1, 0.15) is 0 Å². The second-order valence-corrected chi connectivity index (χ2v) is 6.02. The minimum absolute atomic E-state index is 0.150. The molecule has 1 nitrogen and oxygen atoms in total. The van der Waals surface area contributed by atoms with Crippen LogP contribution >= 0.6 is 11.8 Å². The lowest BCUT2D eigenvalue weighted by atomic mass is 9.96. The van der Waals surface area contributed by atoms with Crippen LogP contribution in [0.2, 0.25) is 0 Å². The highest BCUT2D eigenvalue weighted by atomic mass is 32.2. The third-order valence-electron chi connectivity index (χ3n) is 3.49. The summed E-state index contributed by atoms with van der Waals surface area (Å²) < 4.78 is 0. The molecule has 1 aliphatic carbocycles. The predicted molar refractivity (Wildman–Crippen MR) is 65.3 cm³/mol. The molecular formula is C13H17NS. The first-order chi connectivity index (χ1) is 7.27. The Balaban J connectivity index is 1.92. The van der Waals surface area contributed by atoms with E-state index >= 15 is 0 Å². The van der Waals surface area contributed by atoms with Crippen LogP contribution in [0.3, 0.4) is 0 Å². The monoisotopic (exact) mass is 219 g/mol. The summed E-state index contributed by atoms with van der Waals surface area (Å²) in [4.78, 5) is 1.50. The van der Waals surface area contributed by atoms with Crippen molar-refractivity contribution in [3.05, 3.63) is 29.3 Å². The standard InChI is InChI=1S/C13H17NS/c14-13(6-7-13)9-10-3-1-5-12-11(10)4-2-8-15-12/h1,3,5H,2,4,6-9,14H2. The Hall–Kier alpha value is -0.470. The average Bonchev–Trinajstić information content (AvgIpc) is 2.97. The van der Waals surface area contributed by atoms with Gasteiger partial charge in [-0.2, -0.15) is 0 Å². The molecule has 0 amide bonds. The molecule has 1 aromatic rings. The van der Waals surface area contributed by atoms with Crippen LogP contribution in [0.25, 0.3) is 0 Å². The van der Waals surface area contributed by atoms with Gasteiger partial charge in [0.15, 0.2) is 0 Å². The Labute approximate surface area is 95.4 Å². The third-order valence-corrected chi connectivity index (χ3v) is 4.68. The minimum atomic E-state index is 0.150. The molecule has 2 aliphatic rings. The number of rotatable bonds is 2. The van der Waals surface area contributed by atoms with Crippen molar-refractivity contribution in [3.63, 3.8) is 0 Å². The SMILES string of the molecule is NC1(Cc2cccc3c2CCCS3)CC1. The van der Waals surface area contributed by atoms with Crippen LogP contribution in [0.1, 0.15) is 30.4 Å². The highest BCUT2D eigenvalue weighted by molar-refractivity contribution is 7.99. The van der Waals surface area contributed by atoms with Gasteiger partial charge in [0.25, 0.3) is 0 Å². The van der Waals surface area contributed by atoms with Gasteiger partial charge in [-0.1, -0.05) is 12.1 Å². The normalized spacial score (nSPS) is 22.2. The first-order valence-corrected chi connectivity index (χ1v) is 6.78. The van der Waals surface area contributed by atoms with Crippen molar-refractivity contribution in [2.75, 3.05) is 5.75 Å². The lowest BCUT2D eigenvalue weighted by Crippen LogP contribution is -2.25. The van der Waals surface area contributed by atoms with E-state index in [1.54, 1.807) is 5.56 Å². The van der Waals surface area contributed by atoms with Gasteiger partial charge in [-0.3, -0.25) is 0 Å². The van der Waals surface area contributed by atoms with Crippen molar-refractivity contribution in [2.45, 2.75) is 42.5 Å². The molecule has 1 aliphatic heterocycles. The van der Waals surface area contributed by atoms with E-state index in [-0.39, 0.29) is 5.54 Å². The summed E-state index contributed by atoms with van der Waals surface area (Å²) in [6, 6.07) is 6.73. The van der Waals surface area contributed by atoms with E-state index < -0.39 is 0 Å². The maximum absolute atomic E-state index is 6.20. The van der Waals surface area contributed by atoms with Crippen molar-refractivity contribution < 1.29 is 0 Å². The van der Waals surface area contributed by atoms with Crippen molar-refractivity contribution in [1.82, 2.24) is 0 Å². The average molecular weight is 219 g/mol. The zero-order valence-corrected chi connectivity index (χ0v) is 9.78. The molecule has 1 fully saturated rings. The van der Waals surface area contributed by atoms with Crippen LogP contribution in [0, 0.1) is 0 Å². The predicted octanol–water partition coefficient (Wildman–Crippen LogP) is 2.76. The molecule has 0 atom stereocenters. The van der Waals surface area contributed by atoms with Gasteiger partial charge in [0.05, 0.1) is 0 Å². The Morgan fingerprint density at radius 1 is 1.33 bits per heavy atom. The Bertz CT molecular complexity index is 382. The van der Waals surface area contributed by atoms with Gasteiger partial charge in [0, 0.05) is 10.4 Å². The van der Waals surface area contributed by atoms with Gasteiger partial charge in [-0.15, -0.1) is 11.8 Å². The molecule has 0 unspecified atom stereocenters. The Kier molecular flexibility index (Phi) is 2.29. The number of thioether (sulfide) groups is 1. The molecule has 15 heavy (non-hydrogen) atoms. The fraction of sp³-hybridized carbons (Fsp3) is 0.538. The van der Waals surface area contributed by atoms with Gasteiger partial charge >= 0.3 is 0 Å². The summed E-state index contributed by atoms with van der Waals surface area (Å²) in [7, 11) is 0. The number of hydrogen-bond acceptors (Lipinski definition) is 2. The van der Waals surface area contributed by atoms with Crippen LogP contribution in [0.15, 0.2) is 23.1 Å². The minimum Gasteiger partial charge on any atom is -0.325 e. The van der Waals surface area contributed by atoms with Crippen molar-refractivity contribution in [3.8, 4) is 0 Å². The number of fused-ring (bicyclic) bond motifs is 1. The van der Waals surface area contributed by atoms with Crippen molar-refractivity contribution in [2.24, 2.45) is 5.73 Å². The van der Waals surface area contributed by atoms with E-state index in [2.05, 4.69) is 18.2 Å².